The summed E-state index contributed by atoms with van der Waals surface area (Å²) in [5.41, 5.74) is 7.19. The number of aromatic nitrogens is 1. The normalized spacial score (nSPS) is 17.4. The van der Waals surface area contributed by atoms with Gasteiger partial charge in [0.25, 0.3) is 0 Å². The molecular formula is C47H54FN5O15. The lowest BCUT2D eigenvalue weighted by atomic mass is 9.82. The molecular weight excluding hydrogens is 894 g/mol. The Bertz CT molecular complexity index is 2520. The Morgan fingerprint density at radius 2 is 1.88 bits per heavy atom. The third kappa shape index (κ3) is 12.2. The number of terminal acetylenes is 1. The van der Waals surface area contributed by atoms with Crippen LogP contribution in [0.5, 0.6) is 5.75 Å². The van der Waals surface area contributed by atoms with E-state index in [2.05, 4.69) is 21.3 Å². The number of aliphatic hydroxyl groups is 3. The van der Waals surface area contributed by atoms with Crippen molar-refractivity contribution in [3.63, 3.8) is 0 Å². The molecule has 0 radical (unpaired) electrons. The molecule has 0 fully saturated rings. The van der Waals surface area contributed by atoms with Crippen molar-refractivity contribution >= 4 is 58.7 Å². The molecule has 1 aliphatic carbocycles. The molecule has 1 aromatic heterocycles. The Morgan fingerprint density at radius 1 is 1.13 bits per heavy atom. The van der Waals surface area contributed by atoms with Crippen LogP contribution < -0.4 is 15.4 Å². The molecule has 6 N–H and O–H groups in total. The van der Waals surface area contributed by atoms with Crippen molar-refractivity contribution in [1.29, 1.82) is 0 Å². The van der Waals surface area contributed by atoms with E-state index in [1.165, 1.54) is 37.3 Å². The standard InChI is InChI=1S/C24H22FN3O4.C23H32N2O11/c1-12-15-3-4-18(26-11-30)23-16-8-28(2)20(5-13-6-21(31)32-10-14(13)9-29)24(16)27-19(22(15)23)7-17(12)25;1-5-9-35-10-8-18(27)25(2)12-17(26)24-15-11-14(13-33-3)6-7-16(15)36-23(32)20(29)19(28)21(34-4)22(30)31/h5,7,9,11,18H,3-4,6,8,10H2,1-2H3,(H,26,30);1,6-7,11,19-21,23,28-29,32H,8-10,12-13H2,2-4H3,(H,24,26)(H,30,31)/b20-5-;. The number of aldehydes is 1. The highest BCUT2D eigenvalue weighted by Crippen LogP contribution is 2.45. The number of cyclic esters (lactones) is 1. The Hall–Kier alpha value is -6.80. The summed E-state index contributed by atoms with van der Waals surface area (Å²) in [6.45, 7) is 2.31. The Balaban J connectivity index is 0.000000255. The van der Waals surface area contributed by atoms with Crippen molar-refractivity contribution in [2.24, 2.45) is 0 Å². The maximum Gasteiger partial charge on any atom is 0.335 e. The Labute approximate surface area is 390 Å². The lowest BCUT2D eigenvalue weighted by Gasteiger charge is -2.28. The van der Waals surface area contributed by atoms with Crippen LogP contribution in [-0.2, 0) is 67.3 Å². The van der Waals surface area contributed by atoms with Gasteiger partial charge < -0.3 is 64.5 Å². The number of esters is 1. The predicted octanol–water partition coefficient (Wildman–Crippen LogP) is 1.43. The average molecular weight is 948 g/mol. The van der Waals surface area contributed by atoms with Gasteiger partial charge in [-0.15, -0.1) is 6.42 Å². The number of aliphatic hydroxyl groups excluding tert-OH is 3. The number of amides is 3. The highest BCUT2D eigenvalue weighted by atomic mass is 19.1. The molecule has 5 unspecified atom stereocenters. The summed E-state index contributed by atoms with van der Waals surface area (Å²) in [5.74, 6) is -1.04. The van der Waals surface area contributed by atoms with E-state index in [0.29, 0.717) is 65.6 Å². The van der Waals surface area contributed by atoms with E-state index in [1.54, 1.807) is 19.1 Å². The summed E-state index contributed by atoms with van der Waals surface area (Å²) in [7, 11) is 5.81. The van der Waals surface area contributed by atoms with Gasteiger partial charge in [0, 0.05) is 57.4 Å². The van der Waals surface area contributed by atoms with Gasteiger partial charge in [0.15, 0.2) is 6.10 Å². The number of halogens is 1. The van der Waals surface area contributed by atoms with Gasteiger partial charge >= 0.3 is 11.9 Å². The Morgan fingerprint density at radius 3 is 2.54 bits per heavy atom. The first-order valence-electron chi connectivity index (χ1n) is 21.2. The molecule has 2 aliphatic heterocycles. The SMILES string of the molecule is C#CCOCCC(=O)N(C)CC(=O)Nc1cc(COC)ccc1OC(O)C(O)C(O)C(OC)C(=O)O.Cc1c(F)cc2nc3c(c4c2c1CCC4NC=O)CN(C)/C3=C\C1=C(C=O)COC(=O)C1. The molecule has 0 spiro atoms. The molecule has 68 heavy (non-hydrogen) atoms. The van der Waals surface area contributed by atoms with Gasteiger partial charge in [-0.05, 0) is 65.8 Å². The molecule has 3 heterocycles. The minimum absolute atomic E-state index is 0.00841. The maximum absolute atomic E-state index is 14.7. The van der Waals surface area contributed by atoms with Crippen LogP contribution in [0, 0.1) is 25.1 Å². The van der Waals surface area contributed by atoms with Gasteiger partial charge in [0.1, 0.15) is 43.3 Å². The molecule has 3 aliphatic rings. The molecule has 364 valence electrons. The first-order valence-corrected chi connectivity index (χ1v) is 21.2. The molecule has 6 rings (SSSR count). The predicted molar refractivity (Wildman–Crippen MR) is 240 cm³/mol. The lowest BCUT2D eigenvalue weighted by Crippen LogP contribution is -2.50. The number of methoxy groups -OCH3 is 2. The maximum atomic E-state index is 14.7. The lowest BCUT2D eigenvalue weighted by molar-refractivity contribution is -0.184. The molecule has 3 aromatic rings. The van der Waals surface area contributed by atoms with Gasteiger partial charge in [-0.25, -0.2) is 14.2 Å². The van der Waals surface area contributed by atoms with Gasteiger partial charge in [0.2, 0.25) is 24.5 Å². The van der Waals surface area contributed by atoms with Crippen molar-refractivity contribution in [2.45, 2.75) is 76.4 Å². The number of fused-ring (bicyclic) bond motifs is 2. The molecule has 5 atom stereocenters. The van der Waals surface area contributed by atoms with Crippen LogP contribution in [0.4, 0.5) is 10.1 Å². The smallest absolute Gasteiger partial charge is 0.335 e. The molecule has 20 nitrogen and oxygen atoms in total. The average Bonchev–Trinajstić information content (AvgIpc) is 3.61. The van der Waals surface area contributed by atoms with E-state index in [4.69, 9.17) is 35.5 Å². The zero-order valence-electron chi connectivity index (χ0n) is 38.1. The first-order chi connectivity index (χ1) is 32.5. The van der Waals surface area contributed by atoms with Crippen LogP contribution in [-0.4, -0.2) is 151 Å². The van der Waals surface area contributed by atoms with E-state index >= 15 is 0 Å². The van der Waals surface area contributed by atoms with Gasteiger partial charge in [-0.1, -0.05) is 12.0 Å². The van der Waals surface area contributed by atoms with Gasteiger partial charge in [-0.2, -0.15) is 0 Å². The van der Waals surface area contributed by atoms with Crippen molar-refractivity contribution in [3.8, 4) is 18.1 Å². The fraction of sp³-hybridized carbons (Fsp3) is 0.426. The summed E-state index contributed by atoms with van der Waals surface area (Å²) < 4.78 is 39.7. The monoisotopic (exact) mass is 947 g/mol. The summed E-state index contributed by atoms with van der Waals surface area (Å²) in [6.07, 6.45) is 1.63. The molecule has 0 bridgehead atoms. The number of anilines is 1. The number of benzene rings is 2. The molecule has 0 saturated heterocycles. The Kier molecular flexibility index (Phi) is 18.2. The van der Waals surface area contributed by atoms with Gasteiger partial charge in [-0.3, -0.25) is 24.0 Å². The summed E-state index contributed by atoms with van der Waals surface area (Å²) >= 11 is 0. The first kappa shape index (κ1) is 52.2. The van der Waals surface area contributed by atoms with Crippen LogP contribution >= 0.6 is 0 Å². The van der Waals surface area contributed by atoms with E-state index in [0.717, 1.165) is 34.9 Å². The topological polar surface area (TPSA) is 273 Å². The van der Waals surface area contributed by atoms with Crippen LogP contribution in [0.1, 0.15) is 58.8 Å². The zero-order chi connectivity index (χ0) is 49.8. The highest BCUT2D eigenvalue weighted by Gasteiger charge is 2.38. The number of nitrogens with one attached hydrogen (secondary N) is 2. The largest absolute Gasteiger partial charge is 0.479 e. The highest BCUT2D eigenvalue weighted by molar-refractivity contribution is 5.96. The van der Waals surface area contributed by atoms with Crippen molar-refractivity contribution in [1.82, 2.24) is 20.1 Å². The third-order valence-corrected chi connectivity index (χ3v) is 11.5. The number of carbonyl (C=O) groups is 6. The van der Waals surface area contributed by atoms with Crippen molar-refractivity contribution in [3.05, 3.63) is 80.8 Å². The number of pyridine rings is 1. The third-order valence-electron chi connectivity index (χ3n) is 11.5. The number of likely N-dealkylation sites (N-methyl/N-ethyl adjacent to an activating group) is 1. The second kappa shape index (κ2) is 23.8. The number of rotatable bonds is 20. The summed E-state index contributed by atoms with van der Waals surface area (Å²) in [6, 6.07) is 5.67. The number of aryl methyl sites for hydroxylation is 1. The quantitative estimate of drug-likeness (QED) is 0.0307. The van der Waals surface area contributed by atoms with E-state index in [1.807, 2.05) is 11.9 Å². The number of allylic oxidation sites excluding steroid dienone is 1. The fourth-order valence-corrected chi connectivity index (χ4v) is 8.01. The molecule has 3 amide bonds. The molecule has 2 aromatic carbocycles. The number of nitrogens with zero attached hydrogens (tertiary/aromatic N) is 3. The van der Waals surface area contributed by atoms with Gasteiger partial charge in [0.05, 0.1) is 61.2 Å². The van der Waals surface area contributed by atoms with Crippen LogP contribution in [0.2, 0.25) is 0 Å². The number of carboxylic acid groups (broad SMARTS) is 1. The van der Waals surface area contributed by atoms with Crippen LogP contribution in [0.15, 0.2) is 41.5 Å². The van der Waals surface area contributed by atoms with E-state index in [-0.39, 0.29) is 81.0 Å². The molecule has 0 saturated carbocycles. The van der Waals surface area contributed by atoms with Crippen LogP contribution in [0.25, 0.3) is 16.6 Å². The molecule has 21 heteroatoms. The van der Waals surface area contributed by atoms with E-state index < -0.39 is 36.5 Å². The fourth-order valence-electron chi connectivity index (χ4n) is 8.01. The van der Waals surface area contributed by atoms with Crippen molar-refractivity contribution < 1.29 is 77.3 Å². The zero-order valence-corrected chi connectivity index (χ0v) is 38.1. The second-order valence-corrected chi connectivity index (χ2v) is 16.0. The number of carboxylic acids is 1. The number of hydrogen-bond acceptors (Lipinski definition) is 16. The number of carbonyl (C=O) groups excluding carboxylic acids is 5. The van der Waals surface area contributed by atoms with Crippen LogP contribution in [0.3, 0.4) is 0 Å². The summed E-state index contributed by atoms with van der Waals surface area (Å²) in [4.78, 5) is 78.5. The van der Waals surface area contributed by atoms with Crippen molar-refractivity contribution in [2.75, 3.05) is 60.0 Å². The second-order valence-electron chi connectivity index (χ2n) is 16.0. The number of hydrogen-bond donors (Lipinski definition) is 6. The minimum Gasteiger partial charge on any atom is -0.479 e. The minimum atomic E-state index is -2.09. The summed E-state index contributed by atoms with van der Waals surface area (Å²) in [5, 5.41) is 45.9. The number of aliphatic carboxylic acids is 1. The number of ether oxygens (including phenoxy) is 5. The van der Waals surface area contributed by atoms with E-state index in [9.17, 15) is 48.5 Å².